The van der Waals surface area contributed by atoms with Crippen molar-refractivity contribution in [2.75, 3.05) is 0 Å². The summed E-state index contributed by atoms with van der Waals surface area (Å²) in [5.41, 5.74) is 4.18. The fraction of sp³-hybridized carbons (Fsp3) is 0.273. The summed E-state index contributed by atoms with van der Waals surface area (Å²) in [6.07, 6.45) is 2.69. The lowest BCUT2D eigenvalue weighted by molar-refractivity contribution is -0.148. The van der Waals surface area contributed by atoms with Crippen LogP contribution in [0.5, 0.6) is 0 Å². The van der Waals surface area contributed by atoms with Gasteiger partial charge in [0.05, 0.1) is 12.1 Å². The molecular weight excluding hydrogens is 326 g/mol. The normalized spacial score (nSPS) is 16.1. The second-order valence-corrected chi connectivity index (χ2v) is 6.69. The molecule has 1 unspecified atom stereocenters. The lowest BCUT2D eigenvalue weighted by Crippen LogP contribution is -2.26. The highest BCUT2D eigenvalue weighted by molar-refractivity contribution is 5.72. The van der Waals surface area contributed by atoms with E-state index in [0.717, 1.165) is 24.8 Å². The number of nitrogens with zero attached hydrogens (tertiary/aromatic N) is 1. The number of esters is 1. The van der Waals surface area contributed by atoms with Gasteiger partial charge in [-0.25, -0.2) is 4.98 Å². The van der Waals surface area contributed by atoms with E-state index in [2.05, 4.69) is 23.2 Å². The van der Waals surface area contributed by atoms with E-state index in [9.17, 15) is 4.79 Å². The van der Waals surface area contributed by atoms with E-state index in [1.807, 2.05) is 43.3 Å². The zero-order chi connectivity index (χ0) is 17.9. The molecule has 0 fully saturated rings. The Kier molecular flexibility index (Phi) is 4.57. The third-order valence-electron chi connectivity index (χ3n) is 4.82. The SMILES string of the molecule is Cc1oc(-c2ccccc2)nc1CC(=O)OC1CCc2ccccc2C1. The Morgan fingerprint density at radius 1 is 1.12 bits per heavy atom. The van der Waals surface area contributed by atoms with Crippen LogP contribution in [0.3, 0.4) is 0 Å². The number of aryl methyl sites for hydroxylation is 2. The molecule has 0 radical (unpaired) electrons. The molecule has 1 atom stereocenters. The Hall–Kier alpha value is -2.88. The first-order chi connectivity index (χ1) is 12.7. The first-order valence-corrected chi connectivity index (χ1v) is 8.97. The van der Waals surface area contributed by atoms with Crippen molar-refractivity contribution in [2.45, 2.75) is 38.7 Å². The summed E-state index contributed by atoms with van der Waals surface area (Å²) in [6.45, 7) is 1.83. The van der Waals surface area contributed by atoms with Gasteiger partial charge in [0.1, 0.15) is 11.9 Å². The molecule has 4 rings (SSSR count). The number of hydrogen-bond donors (Lipinski definition) is 0. The Labute approximate surface area is 152 Å². The van der Waals surface area contributed by atoms with Crippen molar-refractivity contribution in [3.63, 3.8) is 0 Å². The molecule has 0 amide bonds. The zero-order valence-electron chi connectivity index (χ0n) is 14.8. The lowest BCUT2D eigenvalue weighted by atomic mass is 9.90. The van der Waals surface area contributed by atoms with Crippen molar-refractivity contribution in [1.82, 2.24) is 4.98 Å². The third kappa shape index (κ3) is 3.54. The van der Waals surface area contributed by atoms with Crippen LogP contribution in [0.4, 0.5) is 0 Å². The molecule has 1 aliphatic carbocycles. The molecule has 2 aromatic carbocycles. The summed E-state index contributed by atoms with van der Waals surface area (Å²) in [6, 6.07) is 18.0. The van der Waals surface area contributed by atoms with Gasteiger partial charge in [-0.15, -0.1) is 0 Å². The zero-order valence-corrected chi connectivity index (χ0v) is 14.8. The van der Waals surface area contributed by atoms with Gasteiger partial charge in [-0.3, -0.25) is 4.79 Å². The summed E-state index contributed by atoms with van der Waals surface area (Å²) in [5, 5.41) is 0. The van der Waals surface area contributed by atoms with Crippen LogP contribution in [0.15, 0.2) is 59.0 Å². The molecule has 1 aliphatic rings. The number of oxazole rings is 1. The highest BCUT2D eigenvalue weighted by atomic mass is 16.5. The summed E-state index contributed by atoms with van der Waals surface area (Å²) in [5.74, 6) is 0.956. The van der Waals surface area contributed by atoms with Crippen LogP contribution >= 0.6 is 0 Å². The third-order valence-corrected chi connectivity index (χ3v) is 4.82. The lowest BCUT2D eigenvalue weighted by Gasteiger charge is -2.24. The highest BCUT2D eigenvalue weighted by Gasteiger charge is 2.23. The number of benzene rings is 2. The first-order valence-electron chi connectivity index (χ1n) is 8.97. The average molecular weight is 347 g/mol. The fourth-order valence-electron chi connectivity index (χ4n) is 3.43. The fourth-order valence-corrected chi connectivity index (χ4v) is 3.43. The number of carbonyl (C=O) groups excluding carboxylic acids is 1. The van der Waals surface area contributed by atoms with E-state index in [1.165, 1.54) is 11.1 Å². The molecule has 4 nitrogen and oxygen atoms in total. The van der Waals surface area contributed by atoms with Crippen LogP contribution in [-0.2, 0) is 28.8 Å². The number of fused-ring (bicyclic) bond motifs is 1. The van der Waals surface area contributed by atoms with Crippen molar-refractivity contribution < 1.29 is 13.9 Å². The van der Waals surface area contributed by atoms with Crippen molar-refractivity contribution in [1.29, 1.82) is 0 Å². The second kappa shape index (κ2) is 7.16. The Bertz CT molecular complexity index is 914. The standard InChI is InChI=1S/C22H21NO3/c1-15-20(23-22(25-15)17-8-3-2-4-9-17)14-21(24)26-19-12-11-16-7-5-6-10-18(16)13-19/h2-10,19H,11-14H2,1H3. The average Bonchev–Trinajstić information content (AvgIpc) is 3.03. The van der Waals surface area contributed by atoms with E-state index >= 15 is 0 Å². The molecule has 0 N–H and O–H groups in total. The van der Waals surface area contributed by atoms with Crippen LogP contribution in [0.1, 0.15) is 29.0 Å². The maximum atomic E-state index is 12.4. The highest BCUT2D eigenvalue weighted by Crippen LogP contribution is 2.24. The molecular formula is C22H21NO3. The number of aromatic nitrogens is 1. The maximum Gasteiger partial charge on any atom is 0.312 e. The van der Waals surface area contributed by atoms with Gasteiger partial charge in [0.25, 0.3) is 0 Å². The Morgan fingerprint density at radius 2 is 1.85 bits per heavy atom. The molecule has 4 heteroatoms. The first kappa shape index (κ1) is 16.6. The van der Waals surface area contributed by atoms with Gasteiger partial charge in [0.15, 0.2) is 0 Å². The molecule has 0 spiro atoms. The van der Waals surface area contributed by atoms with Crippen LogP contribution in [-0.4, -0.2) is 17.1 Å². The minimum Gasteiger partial charge on any atom is -0.462 e. The topological polar surface area (TPSA) is 52.3 Å². The minimum atomic E-state index is -0.245. The number of carbonyl (C=O) groups is 1. The molecule has 3 aromatic rings. The molecule has 0 saturated carbocycles. The number of rotatable bonds is 4. The second-order valence-electron chi connectivity index (χ2n) is 6.69. The van der Waals surface area contributed by atoms with E-state index < -0.39 is 0 Å². The van der Waals surface area contributed by atoms with Crippen molar-refractivity contribution >= 4 is 5.97 Å². The Morgan fingerprint density at radius 3 is 2.65 bits per heavy atom. The van der Waals surface area contributed by atoms with Gasteiger partial charge in [-0.1, -0.05) is 42.5 Å². The molecule has 26 heavy (non-hydrogen) atoms. The van der Waals surface area contributed by atoms with Crippen molar-refractivity contribution in [3.05, 3.63) is 77.2 Å². The smallest absolute Gasteiger partial charge is 0.312 e. The van der Waals surface area contributed by atoms with Gasteiger partial charge in [0, 0.05) is 12.0 Å². The minimum absolute atomic E-state index is 0.0572. The molecule has 0 bridgehead atoms. The van der Waals surface area contributed by atoms with Crippen molar-refractivity contribution in [2.24, 2.45) is 0 Å². The predicted molar refractivity (Wildman–Crippen MR) is 98.7 cm³/mol. The maximum absolute atomic E-state index is 12.4. The Balaban J connectivity index is 1.41. The van der Waals surface area contributed by atoms with Gasteiger partial charge in [-0.05, 0) is 43.0 Å². The van der Waals surface area contributed by atoms with E-state index in [0.29, 0.717) is 17.3 Å². The summed E-state index contributed by atoms with van der Waals surface area (Å²) < 4.78 is 11.4. The molecule has 0 aliphatic heterocycles. The molecule has 1 aromatic heterocycles. The van der Waals surface area contributed by atoms with Gasteiger partial charge < -0.3 is 9.15 Å². The molecule has 132 valence electrons. The summed E-state index contributed by atoms with van der Waals surface area (Å²) in [4.78, 5) is 16.9. The van der Waals surface area contributed by atoms with Crippen LogP contribution in [0.2, 0.25) is 0 Å². The summed E-state index contributed by atoms with van der Waals surface area (Å²) in [7, 11) is 0. The van der Waals surface area contributed by atoms with Crippen LogP contribution in [0, 0.1) is 6.92 Å². The number of hydrogen-bond acceptors (Lipinski definition) is 4. The van der Waals surface area contributed by atoms with Gasteiger partial charge in [-0.2, -0.15) is 0 Å². The van der Waals surface area contributed by atoms with Crippen molar-refractivity contribution in [3.8, 4) is 11.5 Å². The largest absolute Gasteiger partial charge is 0.462 e. The summed E-state index contributed by atoms with van der Waals surface area (Å²) >= 11 is 0. The number of ether oxygens (including phenoxy) is 1. The van der Waals surface area contributed by atoms with Gasteiger partial charge >= 0.3 is 5.97 Å². The molecule has 1 heterocycles. The van der Waals surface area contributed by atoms with E-state index in [4.69, 9.17) is 9.15 Å². The van der Waals surface area contributed by atoms with E-state index in [1.54, 1.807) is 0 Å². The molecule has 0 saturated heterocycles. The van der Waals surface area contributed by atoms with Gasteiger partial charge in [0.2, 0.25) is 5.89 Å². The predicted octanol–water partition coefficient (Wildman–Crippen LogP) is 4.29. The van der Waals surface area contributed by atoms with Crippen LogP contribution in [0.25, 0.3) is 11.5 Å². The monoisotopic (exact) mass is 347 g/mol. The van der Waals surface area contributed by atoms with E-state index in [-0.39, 0.29) is 18.5 Å². The van der Waals surface area contributed by atoms with Crippen LogP contribution < -0.4 is 0 Å². The quantitative estimate of drug-likeness (QED) is 0.661.